The molecule has 1 saturated heterocycles. The summed E-state index contributed by atoms with van der Waals surface area (Å²) in [4.78, 5) is 30.8. The Labute approximate surface area is 178 Å². The van der Waals surface area contributed by atoms with Gasteiger partial charge in [0.05, 0.1) is 0 Å². The summed E-state index contributed by atoms with van der Waals surface area (Å²) in [7, 11) is 0. The van der Waals surface area contributed by atoms with Crippen LogP contribution >= 0.6 is 0 Å². The van der Waals surface area contributed by atoms with Gasteiger partial charge in [-0.2, -0.15) is 0 Å². The van der Waals surface area contributed by atoms with Crippen LogP contribution in [0.2, 0.25) is 0 Å². The first-order chi connectivity index (χ1) is 14.7. The van der Waals surface area contributed by atoms with Gasteiger partial charge in [-0.1, -0.05) is 61.4 Å². The van der Waals surface area contributed by atoms with Crippen LogP contribution in [-0.4, -0.2) is 35.3 Å². The average Bonchev–Trinajstić information content (AvgIpc) is 3.39. The monoisotopic (exact) mass is 400 g/mol. The predicted octanol–water partition coefficient (Wildman–Crippen LogP) is 4.45. The lowest BCUT2D eigenvalue weighted by Gasteiger charge is -2.34. The Hall–Kier alpha value is -2.88. The number of rotatable bonds is 3. The number of hydrogen-bond donors (Lipinski definition) is 0. The molecule has 3 aliphatic rings. The van der Waals surface area contributed by atoms with E-state index in [1.807, 2.05) is 64.4 Å². The van der Waals surface area contributed by atoms with Crippen LogP contribution in [0.3, 0.4) is 0 Å². The van der Waals surface area contributed by atoms with E-state index >= 15 is 0 Å². The highest BCUT2D eigenvalue weighted by atomic mass is 16.2. The van der Waals surface area contributed by atoms with Crippen molar-refractivity contribution in [3.63, 3.8) is 0 Å². The van der Waals surface area contributed by atoms with E-state index in [4.69, 9.17) is 0 Å². The molecule has 2 aromatic carbocycles. The molecule has 0 spiro atoms. The lowest BCUT2D eigenvalue weighted by atomic mass is 9.84. The van der Waals surface area contributed by atoms with Gasteiger partial charge in [0, 0.05) is 24.4 Å². The van der Waals surface area contributed by atoms with Gasteiger partial charge in [-0.15, -0.1) is 0 Å². The van der Waals surface area contributed by atoms with Crippen molar-refractivity contribution < 1.29 is 9.59 Å². The van der Waals surface area contributed by atoms with E-state index in [2.05, 4.69) is 6.07 Å². The summed E-state index contributed by atoms with van der Waals surface area (Å²) in [6.45, 7) is 0.714. The van der Waals surface area contributed by atoms with Crippen LogP contribution < -0.4 is 4.90 Å². The van der Waals surface area contributed by atoms with E-state index in [0.717, 1.165) is 43.4 Å². The summed E-state index contributed by atoms with van der Waals surface area (Å²) in [6.07, 6.45) is 9.69. The maximum absolute atomic E-state index is 13.7. The Morgan fingerprint density at radius 1 is 0.933 bits per heavy atom. The minimum absolute atomic E-state index is 0.0286. The van der Waals surface area contributed by atoms with Crippen LogP contribution in [0.4, 0.5) is 5.69 Å². The van der Waals surface area contributed by atoms with Crippen LogP contribution in [0, 0.1) is 5.92 Å². The van der Waals surface area contributed by atoms with Gasteiger partial charge in [-0.3, -0.25) is 9.59 Å². The van der Waals surface area contributed by atoms with Gasteiger partial charge >= 0.3 is 0 Å². The van der Waals surface area contributed by atoms with Gasteiger partial charge in [0.1, 0.15) is 6.04 Å². The van der Waals surface area contributed by atoms with Gasteiger partial charge in [0.2, 0.25) is 11.8 Å². The van der Waals surface area contributed by atoms with E-state index in [9.17, 15) is 9.59 Å². The highest BCUT2D eigenvalue weighted by molar-refractivity contribution is 6.03. The number of para-hydroxylation sites is 1. The van der Waals surface area contributed by atoms with Crippen LogP contribution in [0.1, 0.15) is 43.2 Å². The molecule has 2 aromatic rings. The number of fused-ring (bicyclic) bond motifs is 2. The Morgan fingerprint density at radius 2 is 1.70 bits per heavy atom. The zero-order valence-electron chi connectivity index (χ0n) is 17.2. The maximum Gasteiger partial charge on any atom is 0.249 e. The number of amides is 2. The molecule has 2 aliphatic heterocycles. The molecule has 4 nitrogen and oxygen atoms in total. The summed E-state index contributed by atoms with van der Waals surface area (Å²) in [6, 6.07) is 17.9. The largest absolute Gasteiger partial charge is 0.324 e. The van der Waals surface area contributed by atoms with Crippen LogP contribution in [0.5, 0.6) is 0 Å². The van der Waals surface area contributed by atoms with Crippen LogP contribution in [-0.2, 0) is 16.0 Å². The first kappa shape index (κ1) is 19.1. The third-order valence-electron chi connectivity index (χ3n) is 7.00. The standard InChI is InChI=1S/C26H28N2O2/c29-25(15-14-19-8-2-1-3-9-19)28-23-13-7-5-11-21(23)18-24(28)26(30)27-17-16-20-10-4-6-12-22(20)27/h1-4,6,8-10,12,14-15,21,23-24H,5,7,11,13,16-18H2/b15-14+. The molecule has 0 aromatic heterocycles. The van der Waals surface area contributed by atoms with Crippen LogP contribution in [0.15, 0.2) is 60.7 Å². The predicted molar refractivity (Wildman–Crippen MR) is 119 cm³/mol. The minimum atomic E-state index is -0.350. The summed E-state index contributed by atoms with van der Waals surface area (Å²) in [5.41, 5.74) is 3.24. The van der Waals surface area contributed by atoms with E-state index < -0.39 is 0 Å². The second-order valence-electron chi connectivity index (χ2n) is 8.72. The molecule has 0 N–H and O–H groups in total. The van der Waals surface area contributed by atoms with Crippen LogP contribution in [0.25, 0.3) is 6.08 Å². The van der Waals surface area contributed by atoms with Crippen molar-refractivity contribution in [2.45, 2.75) is 50.6 Å². The summed E-state index contributed by atoms with van der Waals surface area (Å²) in [5, 5.41) is 0. The number of benzene rings is 2. The zero-order chi connectivity index (χ0) is 20.5. The number of hydrogen-bond acceptors (Lipinski definition) is 2. The highest BCUT2D eigenvalue weighted by Gasteiger charge is 2.48. The molecular weight excluding hydrogens is 372 g/mol. The fourth-order valence-corrected chi connectivity index (χ4v) is 5.56. The number of nitrogens with zero attached hydrogens (tertiary/aromatic N) is 2. The summed E-state index contributed by atoms with van der Waals surface area (Å²) < 4.78 is 0. The smallest absolute Gasteiger partial charge is 0.249 e. The number of likely N-dealkylation sites (tertiary alicyclic amines) is 1. The second-order valence-corrected chi connectivity index (χ2v) is 8.72. The summed E-state index contributed by atoms with van der Waals surface area (Å²) >= 11 is 0. The molecule has 30 heavy (non-hydrogen) atoms. The molecule has 2 fully saturated rings. The molecule has 3 unspecified atom stereocenters. The Morgan fingerprint density at radius 3 is 2.57 bits per heavy atom. The van der Waals surface area contributed by atoms with Crippen molar-refractivity contribution >= 4 is 23.6 Å². The van der Waals surface area contributed by atoms with Gasteiger partial charge in [-0.05, 0) is 54.9 Å². The van der Waals surface area contributed by atoms with Crippen molar-refractivity contribution in [3.8, 4) is 0 Å². The molecule has 1 saturated carbocycles. The molecule has 3 atom stereocenters. The Kier molecular flexibility index (Phi) is 5.16. The molecule has 0 bridgehead atoms. The van der Waals surface area contributed by atoms with Gasteiger partial charge in [0.15, 0.2) is 0 Å². The molecule has 2 amide bonds. The van der Waals surface area contributed by atoms with E-state index in [1.165, 1.54) is 12.0 Å². The van der Waals surface area contributed by atoms with Gasteiger partial charge < -0.3 is 9.80 Å². The number of anilines is 1. The highest BCUT2D eigenvalue weighted by Crippen LogP contribution is 2.41. The first-order valence-electron chi connectivity index (χ1n) is 11.2. The average molecular weight is 401 g/mol. The fraction of sp³-hybridized carbons (Fsp3) is 0.385. The van der Waals surface area contributed by atoms with Crippen molar-refractivity contribution in [1.82, 2.24) is 4.90 Å². The maximum atomic E-state index is 13.7. The Bertz CT molecular complexity index is 968. The number of carbonyl (C=O) groups excluding carboxylic acids is 2. The normalized spacial score (nSPS) is 25.4. The van der Waals surface area contributed by atoms with Gasteiger partial charge in [0.25, 0.3) is 0 Å². The van der Waals surface area contributed by atoms with Crippen molar-refractivity contribution in [1.29, 1.82) is 0 Å². The van der Waals surface area contributed by atoms with Gasteiger partial charge in [-0.25, -0.2) is 0 Å². The molecule has 0 radical (unpaired) electrons. The molecule has 2 heterocycles. The first-order valence-corrected chi connectivity index (χ1v) is 11.2. The molecule has 1 aliphatic carbocycles. The molecule has 154 valence electrons. The van der Waals surface area contributed by atoms with Crippen molar-refractivity contribution in [2.75, 3.05) is 11.4 Å². The summed E-state index contributed by atoms with van der Waals surface area (Å²) in [5.74, 6) is 0.509. The fourth-order valence-electron chi connectivity index (χ4n) is 5.56. The minimum Gasteiger partial charge on any atom is -0.324 e. The molecule has 4 heteroatoms. The molecular formula is C26H28N2O2. The topological polar surface area (TPSA) is 40.6 Å². The Balaban J connectivity index is 1.42. The third-order valence-corrected chi connectivity index (χ3v) is 7.00. The van der Waals surface area contributed by atoms with E-state index in [-0.39, 0.29) is 23.9 Å². The SMILES string of the molecule is O=C(C1CC2CCCCC2N1C(=O)/C=C/c1ccccc1)N1CCc2ccccc21. The quantitative estimate of drug-likeness (QED) is 0.715. The lowest BCUT2D eigenvalue weighted by molar-refractivity contribution is -0.136. The lowest BCUT2D eigenvalue weighted by Crippen LogP contribution is -2.50. The van der Waals surface area contributed by atoms with Crippen molar-refractivity contribution in [3.05, 3.63) is 71.8 Å². The number of carbonyl (C=O) groups is 2. The van der Waals surface area contributed by atoms with E-state index in [1.54, 1.807) is 6.08 Å². The second kappa shape index (κ2) is 8.10. The zero-order valence-corrected chi connectivity index (χ0v) is 17.2. The van der Waals surface area contributed by atoms with E-state index in [0.29, 0.717) is 12.5 Å². The molecule has 5 rings (SSSR count). The van der Waals surface area contributed by atoms with Crippen molar-refractivity contribution in [2.24, 2.45) is 5.92 Å². The third kappa shape index (κ3) is 3.45.